The van der Waals surface area contributed by atoms with E-state index in [-0.39, 0.29) is 0 Å². The average Bonchev–Trinajstić information content (AvgIpc) is 2.43. The molecule has 0 radical (unpaired) electrons. The highest BCUT2D eigenvalue weighted by molar-refractivity contribution is 7.82. The molecule has 1 aromatic heterocycles. The monoisotopic (exact) mass is 175 g/mol. The van der Waals surface area contributed by atoms with Crippen LogP contribution in [-0.4, -0.2) is 8.76 Å². The molecule has 1 rings (SSSR count). The van der Waals surface area contributed by atoms with Crippen LogP contribution >= 0.6 is 11.3 Å². The van der Waals surface area contributed by atoms with Crippen LogP contribution in [0.25, 0.3) is 0 Å². The van der Waals surface area contributed by atoms with Gasteiger partial charge in [0.15, 0.2) is 0 Å². The summed E-state index contributed by atoms with van der Waals surface area (Å²) in [4.78, 5) is 0. The van der Waals surface area contributed by atoms with Crippen molar-refractivity contribution in [2.45, 2.75) is 0 Å². The van der Waals surface area contributed by atoms with E-state index in [1.54, 1.807) is 11.3 Å². The quantitative estimate of drug-likeness (QED) is 0.610. The van der Waals surface area contributed by atoms with E-state index in [1.807, 2.05) is 22.9 Å². The lowest BCUT2D eigenvalue weighted by atomic mass is 10.7. The maximum Gasteiger partial charge on any atom is -0.00934 e. The Morgan fingerprint density at radius 3 is 2.00 bits per heavy atom. The van der Waals surface area contributed by atoms with Crippen LogP contribution in [0, 0.1) is 0 Å². The summed E-state index contributed by atoms with van der Waals surface area (Å²) < 4.78 is 18.5. The van der Waals surface area contributed by atoms with Crippen LogP contribution in [-0.2, 0) is 11.1 Å². The molecule has 0 bridgehead atoms. The van der Waals surface area contributed by atoms with Gasteiger partial charge in [-0.05, 0) is 27.2 Å². The molecule has 0 saturated heterocycles. The summed E-state index contributed by atoms with van der Waals surface area (Å²) in [7, 11) is 0. The van der Waals surface area contributed by atoms with E-state index in [0.29, 0.717) is 0 Å². The molecule has 0 saturated carbocycles. The first-order valence-electron chi connectivity index (χ1n) is 2.45. The van der Waals surface area contributed by atoms with Gasteiger partial charge < -0.3 is 4.55 Å². The van der Waals surface area contributed by atoms with Gasteiger partial charge in [0.25, 0.3) is 0 Å². The minimum absolute atomic E-state index is 0.833. The standard InChI is InChI=1S/C4H4S.C2H4O2S/c1-2-4-5-3-1;1-2-5(3)4/h1-4H;2H,1H2,(H,3,4)/p-1. The van der Waals surface area contributed by atoms with Crippen molar-refractivity contribution in [3.63, 3.8) is 0 Å². The molecular formula is C6H7O2S2-. The summed E-state index contributed by atoms with van der Waals surface area (Å²) >= 11 is -0.346. The van der Waals surface area contributed by atoms with E-state index < -0.39 is 11.1 Å². The normalized spacial score (nSPS) is 10.9. The molecule has 0 amide bonds. The summed E-state index contributed by atoms with van der Waals surface area (Å²) in [6, 6.07) is 4.04. The molecule has 1 aromatic rings. The third-order valence-electron chi connectivity index (χ3n) is 0.561. The van der Waals surface area contributed by atoms with Crippen LogP contribution in [0.15, 0.2) is 34.9 Å². The lowest BCUT2D eigenvalue weighted by Gasteiger charge is -1.88. The van der Waals surface area contributed by atoms with Crippen molar-refractivity contribution in [3.8, 4) is 0 Å². The van der Waals surface area contributed by atoms with Gasteiger partial charge in [-0.1, -0.05) is 18.7 Å². The van der Waals surface area contributed by atoms with Gasteiger partial charge in [0.2, 0.25) is 0 Å². The molecule has 0 aromatic carbocycles. The van der Waals surface area contributed by atoms with Gasteiger partial charge in [-0.15, -0.1) is 0 Å². The number of hydrogen-bond donors (Lipinski definition) is 0. The topological polar surface area (TPSA) is 40.1 Å². The predicted molar refractivity (Wildman–Crippen MR) is 43.4 cm³/mol. The lowest BCUT2D eigenvalue weighted by Crippen LogP contribution is -1.71. The molecule has 0 N–H and O–H groups in total. The molecule has 0 aliphatic carbocycles. The Bertz CT molecular complexity index is 164. The SMILES string of the molecule is C=CS(=O)[O-].c1ccsc1. The van der Waals surface area contributed by atoms with Gasteiger partial charge in [0.05, 0.1) is 0 Å². The van der Waals surface area contributed by atoms with Crippen molar-refractivity contribution in [1.29, 1.82) is 0 Å². The Morgan fingerprint density at radius 2 is 1.90 bits per heavy atom. The number of thiophene rings is 1. The second kappa shape index (κ2) is 6.67. The van der Waals surface area contributed by atoms with Gasteiger partial charge in [-0.3, -0.25) is 4.21 Å². The Morgan fingerprint density at radius 1 is 1.50 bits per heavy atom. The largest absolute Gasteiger partial charge is 0.769 e. The predicted octanol–water partition coefficient (Wildman–Crippen LogP) is 1.76. The smallest absolute Gasteiger partial charge is 0.00934 e. The summed E-state index contributed by atoms with van der Waals surface area (Å²) in [6.45, 7) is 2.95. The van der Waals surface area contributed by atoms with Crippen molar-refractivity contribution >= 4 is 22.4 Å². The molecule has 2 nitrogen and oxygen atoms in total. The number of rotatable bonds is 1. The van der Waals surface area contributed by atoms with E-state index in [1.165, 1.54) is 0 Å². The van der Waals surface area contributed by atoms with Gasteiger partial charge in [0, 0.05) is 0 Å². The van der Waals surface area contributed by atoms with Crippen LogP contribution in [0.3, 0.4) is 0 Å². The minimum Gasteiger partial charge on any atom is -0.769 e. The molecule has 0 spiro atoms. The minimum atomic E-state index is -2.06. The molecule has 0 aliphatic heterocycles. The Balaban J connectivity index is 0.000000162. The third-order valence-corrected chi connectivity index (χ3v) is 1.46. The third kappa shape index (κ3) is 7.55. The molecule has 1 unspecified atom stereocenters. The molecule has 4 heteroatoms. The highest BCUT2D eigenvalue weighted by Crippen LogP contribution is 1.91. The first kappa shape index (κ1) is 9.55. The second-order valence-electron chi connectivity index (χ2n) is 1.22. The summed E-state index contributed by atoms with van der Waals surface area (Å²) in [6.07, 6.45) is 0. The van der Waals surface area contributed by atoms with Gasteiger partial charge in [0.1, 0.15) is 0 Å². The highest BCUT2D eigenvalue weighted by atomic mass is 32.2. The maximum absolute atomic E-state index is 9.25. The first-order valence-corrected chi connectivity index (χ1v) is 4.53. The first-order chi connectivity index (χ1) is 4.77. The van der Waals surface area contributed by atoms with Crippen molar-refractivity contribution in [2.75, 3.05) is 0 Å². The summed E-state index contributed by atoms with van der Waals surface area (Å²) in [5.74, 6) is 0. The average molecular weight is 175 g/mol. The second-order valence-corrected chi connectivity index (χ2v) is 2.89. The Hall–Kier alpha value is -0.450. The maximum atomic E-state index is 9.25. The molecule has 1 heterocycles. The van der Waals surface area contributed by atoms with Crippen molar-refractivity contribution in [1.82, 2.24) is 0 Å². The van der Waals surface area contributed by atoms with Crippen LogP contribution in [0.4, 0.5) is 0 Å². The zero-order chi connectivity index (χ0) is 7.82. The van der Waals surface area contributed by atoms with Gasteiger partial charge >= 0.3 is 0 Å². The molecule has 0 aliphatic rings. The summed E-state index contributed by atoms with van der Waals surface area (Å²) in [5.41, 5.74) is 0. The van der Waals surface area contributed by atoms with Crippen LogP contribution < -0.4 is 0 Å². The van der Waals surface area contributed by atoms with Crippen molar-refractivity contribution < 1.29 is 8.76 Å². The van der Waals surface area contributed by atoms with Crippen LogP contribution in [0.5, 0.6) is 0 Å². The Labute approximate surface area is 66.5 Å². The van der Waals surface area contributed by atoms with Crippen LogP contribution in [0.1, 0.15) is 0 Å². The zero-order valence-electron chi connectivity index (χ0n) is 5.23. The molecule has 0 fully saturated rings. The van der Waals surface area contributed by atoms with E-state index in [4.69, 9.17) is 0 Å². The summed E-state index contributed by atoms with van der Waals surface area (Å²) in [5, 5.41) is 4.92. The van der Waals surface area contributed by atoms with Gasteiger partial charge in [-0.25, -0.2) is 0 Å². The lowest BCUT2D eigenvalue weighted by molar-refractivity contribution is 0.546. The van der Waals surface area contributed by atoms with Crippen molar-refractivity contribution in [3.05, 3.63) is 34.9 Å². The fraction of sp³-hybridized carbons (Fsp3) is 0. The van der Waals surface area contributed by atoms with E-state index in [0.717, 1.165) is 5.41 Å². The molecule has 56 valence electrons. The van der Waals surface area contributed by atoms with E-state index in [9.17, 15) is 8.76 Å². The van der Waals surface area contributed by atoms with Gasteiger partial charge in [-0.2, -0.15) is 11.3 Å². The highest BCUT2D eigenvalue weighted by Gasteiger charge is 1.58. The van der Waals surface area contributed by atoms with E-state index >= 15 is 0 Å². The zero-order valence-corrected chi connectivity index (χ0v) is 6.86. The Kier molecular flexibility index (Phi) is 6.37. The van der Waals surface area contributed by atoms with Crippen LogP contribution in [0.2, 0.25) is 0 Å². The molecule has 10 heavy (non-hydrogen) atoms. The fourth-order valence-electron chi connectivity index (χ4n) is 0.227. The molecule has 1 atom stereocenters. The number of hydrogen-bond acceptors (Lipinski definition) is 3. The fourth-order valence-corrected chi connectivity index (χ4v) is 0.680. The van der Waals surface area contributed by atoms with E-state index in [2.05, 4.69) is 6.58 Å². The molecular weight excluding hydrogens is 168 g/mol. The van der Waals surface area contributed by atoms with Crippen molar-refractivity contribution in [2.24, 2.45) is 0 Å².